The molecular formula is C11H18N2S. The third kappa shape index (κ3) is 1.59. The zero-order valence-electron chi connectivity index (χ0n) is 9.13. The zero-order valence-corrected chi connectivity index (χ0v) is 9.95. The molecule has 2 nitrogen and oxygen atoms in total. The Hall–Kier alpha value is -0.410. The van der Waals surface area contributed by atoms with Crippen molar-refractivity contribution in [2.45, 2.75) is 38.6 Å². The van der Waals surface area contributed by atoms with E-state index in [1.807, 2.05) is 0 Å². The van der Waals surface area contributed by atoms with E-state index < -0.39 is 0 Å². The van der Waals surface area contributed by atoms with Gasteiger partial charge in [0.25, 0.3) is 0 Å². The summed E-state index contributed by atoms with van der Waals surface area (Å²) >= 11 is 1.80. The largest absolute Gasteiger partial charge is 0.308 e. The molecule has 0 amide bonds. The highest BCUT2D eigenvalue weighted by atomic mass is 32.1. The number of nitrogens with zero attached hydrogens (tertiary/aromatic N) is 1. The first-order chi connectivity index (χ1) is 6.66. The molecule has 0 spiro atoms. The van der Waals surface area contributed by atoms with E-state index in [-0.39, 0.29) is 5.54 Å². The summed E-state index contributed by atoms with van der Waals surface area (Å²) in [6.07, 6.45) is 3.79. The zero-order chi connectivity index (χ0) is 10.2. The van der Waals surface area contributed by atoms with Crippen molar-refractivity contribution in [3.63, 3.8) is 0 Å². The molecule has 14 heavy (non-hydrogen) atoms. The van der Waals surface area contributed by atoms with Gasteiger partial charge in [-0.2, -0.15) is 0 Å². The predicted molar refractivity (Wildman–Crippen MR) is 60.6 cm³/mol. The fraction of sp³-hybridized carbons (Fsp3) is 0.727. The maximum Gasteiger partial charge on any atom is 0.113 e. The maximum atomic E-state index is 4.63. The SMILES string of the molecule is CNC1(c2nc(C)cs2)CCC(C)C1. The normalized spacial score (nSPS) is 32.4. The minimum Gasteiger partial charge on any atom is -0.308 e. The first-order valence-electron chi connectivity index (χ1n) is 5.28. The fourth-order valence-electron chi connectivity index (χ4n) is 2.39. The Labute approximate surface area is 89.8 Å². The monoisotopic (exact) mass is 210 g/mol. The molecule has 1 aliphatic carbocycles. The molecule has 2 atom stereocenters. The number of hydrogen-bond acceptors (Lipinski definition) is 3. The highest BCUT2D eigenvalue weighted by Crippen LogP contribution is 2.42. The lowest BCUT2D eigenvalue weighted by molar-refractivity contribution is 0.357. The molecule has 2 rings (SSSR count). The lowest BCUT2D eigenvalue weighted by Crippen LogP contribution is -2.37. The van der Waals surface area contributed by atoms with Crippen molar-refractivity contribution in [3.8, 4) is 0 Å². The summed E-state index contributed by atoms with van der Waals surface area (Å²) in [5.41, 5.74) is 1.33. The summed E-state index contributed by atoms with van der Waals surface area (Å²) < 4.78 is 0. The summed E-state index contributed by atoms with van der Waals surface area (Å²) in [7, 11) is 2.06. The van der Waals surface area contributed by atoms with Crippen molar-refractivity contribution in [1.82, 2.24) is 10.3 Å². The molecule has 0 aromatic carbocycles. The van der Waals surface area contributed by atoms with Crippen LogP contribution in [0.15, 0.2) is 5.38 Å². The number of aromatic nitrogens is 1. The van der Waals surface area contributed by atoms with E-state index in [0.717, 1.165) is 11.6 Å². The van der Waals surface area contributed by atoms with Crippen LogP contribution in [0.4, 0.5) is 0 Å². The molecule has 3 heteroatoms. The lowest BCUT2D eigenvalue weighted by Gasteiger charge is -2.26. The Balaban J connectivity index is 2.29. The van der Waals surface area contributed by atoms with Crippen LogP contribution in [0.2, 0.25) is 0 Å². The molecule has 1 aliphatic rings. The van der Waals surface area contributed by atoms with Gasteiger partial charge in [-0.05, 0) is 39.2 Å². The van der Waals surface area contributed by atoms with Gasteiger partial charge in [0.1, 0.15) is 5.01 Å². The Morgan fingerprint density at radius 1 is 1.64 bits per heavy atom. The van der Waals surface area contributed by atoms with Crippen LogP contribution in [-0.4, -0.2) is 12.0 Å². The van der Waals surface area contributed by atoms with Gasteiger partial charge < -0.3 is 5.32 Å². The van der Waals surface area contributed by atoms with E-state index in [1.165, 1.54) is 24.3 Å². The molecule has 0 saturated heterocycles. The van der Waals surface area contributed by atoms with E-state index in [2.05, 4.69) is 36.6 Å². The van der Waals surface area contributed by atoms with Crippen LogP contribution < -0.4 is 5.32 Å². The molecule has 1 aromatic heterocycles. The lowest BCUT2D eigenvalue weighted by atomic mass is 9.97. The maximum absolute atomic E-state index is 4.63. The van der Waals surface area contributed by atoms with Gasteiger partial charge in [0.05, 0.1) is 5.54 Å². The minimum absolute atomic E-state index is 0.179. The molecule has 2 unspecified atom stereocenters. The van der Waals surface area contributed by atoms with E-state index >= 15 is 0 Å². The topological polar surface area (TPSA) is 24.9 Å². The van der Waals surface area contributed by atoms with Crippen molar-refractivity contribution in [1.29, 1.82) is 0 Å². The number of nitrogens with one attached hydrogen (secondary N) is 1. The average molecular weight is 210 g/mol. The van der Waals surface area contributed by atoms with Crippen LogP contribution in [0.3, 0.4) is 0 Å². The number of aryl methyl sites for hydroxylation is 1. The summed E-state index contributed by atoms with van der Waals surface area (Å²) in [5.74, 6) is 0.826. The number of hydrogen-bond donors (Lipinski definition) is 1. The standard InChI is InChI=1S/C11H18N2S/c1-8-4-5-11(6-8,12-3)10-13-9(2)7-14-10/h7-8,12H,4-6H2,1-3H3. The Bertz CT molecular complexity index is 321. The molecule has 1 saturated carbocycles. The highest BCUT2D eigenvalue weighted by Gasteiger charge is 2.39. The second-order valence-corrected chi connectivity index (χ2v) is 5.33. The van der Waals surface area contributed by atoms with E-state index in [1.54, 1.807) is 11.3 Å². The van der Waals surface area contributed by atoms with Crippen LogP contribution in [0.25, 0.3) is 0 Å². The van der Waals surface area contributed by atoms with Crippen LogP contribution in [0.5, 0.6) is 0 Å². The van der Waals surface area contributed by atoms with Crippen LogP contribution >= 0.6 is 11.3 Å². The van der Waals surface area contributed by atoms with Gasteiger partial charge in [0.15, 0.2) is 0 Å². The van der Waals surface area contributed by atoms with Crippen LogP contribution in [0, 0.1) is 12.8 Å². The van der Waals surface area contributed by atoms with Crippen molar-refractivity contribution < 1.29 is 0 Å². The Morgan fingerprint density at radius 3 is 2.86 bits per heavy atom. The first kappa shape index (κ1) is 10.1. The molecule has 1 N–H and O–H groups in total. The second-order valence-electron chi connectivity index (χ2n) is 4.47. The van der Waals surface area contributed by atoms with Gasteiger partial charge in [-0.3, -0.25) is 0 Å². The molecule has 0 aliphatic heterocycles. The smallest absolute Gasteiger partial charge is 0.113 e. The third-order valence-corrected chi connectivity index (χ3v) is 4.43. The molecule has 78 valence electrons. The molecule has 1 fully saturated rings. The quantitative estimate of drug-likeness (QED) is 0.812. The van der Waals surface area contributed by atoms with Crippen molar-refractivity contribution in [2.24, 2.45) is 5.92 Å². The van der Waals surface area contributed by atoms with Gasteiger partial charge in [-0.15, -0.1) is 11.3 Å². The molecule has 1 aromatic rings. The molecule has 1 heterocycles. The fourth-order valence-corrected chi connectivity index (χ4v) is 3.44. The Morgan fingerprint density at radius 2 is 2.43 bits per heavy atom. The van der Waals surface area contributed by atoms with Gasteiger partial charge in [0, 0.05) is 11.1 Å². The first-order valence-corrected chi connectivity index (χ1v) is 6.16. The van der Waals surface area contributed by atoms with Gasteiger partial charge >= 0.3 is 0 Å². The third-order valence-electron chi connectivity index (χ3n) is 3.27. The highest BCUT2D eigenvalue weighted by molar-refractivity contribution is 7.09. The Kier molecular flexibility index (Phi) is 2.62. The van der Waals surface area contributed by atoms with Gasteiger partial charge in [-0.1, -0.05) is 6.92 Å². The molecule has 0 radical (unpaired) electrons. The second kappa shape index (κ2) is 3.63. The van der Waals surface area contributed by atoms with E-state index in [9.17, 15) is 0 Å². The summed E-state index contributed by atoms with van der Waals surface area (Å²) in [4.78, 5) is 4.63. The summed E-state index contributed by atoms with van der Waals surface area (Å²) in [5, 5.41) is 6.92. The predicted octanol–water partition coefficient (Wildman–Crippen LogP) is 2.69. The van der Waals surface area contributed by atoms with Gasteiger partial charge in [0.2, 0.25) is 0 Å². The summed E-state index contributed by atoms with van der Waals surface area (Å²) in [6, 6.07) is 0. The van der Waals surface area contributed by atoms with Gasteiger partial charge in [-0.25, -0.2) is 4.98 Å². The van der Waals surface area contributed by atoms with Crippen LogP contribution in [0.1, 0.15) is 36.9 Å². The summed E-state index contributed by atoms with van der Waals surface area (Å²) in [6.45, 7) is 4.40. The number of rotatable bonds is 2. The van der Waals surface area contributed by atoms with Crippen LogP contribution in [-0.2, 0) is 5.54 Å². The van der Waals surface area contributed by atoms with E-state index in [4.69, 9.17) is 0 Å². The molecular weight excluding hydrogens is 192 g/mol. The van der Waals surface area contributed by atoms with Crippen molar-refractivity contribution >= 4 is 11.3 Å². The van der Waals surface area contributed by atoms with E-state index in [0.29, 0.717) is 0 Å². The minimum atomic E-state index is 0.179. The van der Waals surface area contributed by atoms with Crippen molar-refractivity contribution in [2.75, 3.05) is 7.05 Å². The average Bonchev–Trinajstić information content (AvgIpc) is 2.73. The number of thiazole rings is 1. The van der Waals surface area contributed by atoms with Crippen molar-refractivity contribution in [3.05, 3.63) is 16.1 Å². The molecule has 0 bridgehead atoms.